The molecule has 1 aliphatic heterocycles. The van der Waals surface area contributed by atoms with Crippen LogP contribution in [0.1, 0.15) is 17.4 Å². The Bertz CT molecular complexity index is 792. The molecule has 27 heavy (non-hydrogen) atoms. The van der Waals surface area contributed by atoms with Gasteiger partial charge in [0.2, 0.25) is 0 Å². The Labute approximate surface area is 155 Å². The fourth-order valence-electron chi connectivity index (χ4n) is 3.16. The van der Waals surface area contributed by atoms with Crippen molar-refractivity contribution in [3.63, 3.8) is 0 Å². The topological polar surface area (TPSA) is 50.6 Å². The van der Waals surface area contributed by atoms with Crippen LogP contribution in [0.5, 0.6) is 5.75 Å². The molecule has 0 radical (unpaired) electrons. The van der Waals surface area contributed by atoms with Crippen LogP contribution in [0, 0.1) is 0 Å². The maximum Gasteiger partial charge on any atom is 0.401 e. The van der Waals surface area contributed by atoms with Gasteiger partial charge in [-0.2, -0.15) is 18.3 Å². The number of para-hydroxylation sites is 1. The van der Waals surface area contributed by atoms with Gasteiger partial charge in [-0.25, -0.2) is 4.68 Å². The zero-order valence-corrected chi connectivity index (χ0v) is 15.1. The summed E-state index contributed by atoms with van der Waals surface area (Å²) in [6.45, 7) is 1.29. The van der Waals surface area contributed by atoms with Crippen molar-refractivity contribution < 1.29 is 22.7 Å². The summed E-state index contributed by atoms with van der Waals surface area (Å²) in [5.74, 6) is -0.0192. The highest BCUT2D eigenvalue weighted by Crippen LogP contribution is 2.24. The van der Waals surface area contributed by atoms with Crippen LogP contribution in [0.15, 0.2) is 36.5 Å². The van der Waals surface area contributed by atoms with Gasteiger partial charge in [-0.15, -0.1) is 0 Å². The SMILES string of the molecule is COc1cn(-c2ccccc2)nc1C(=O)N1CCN(CC(F)(F)F)[C@H](C)C1. The molecule has 146 valence electrons. The molecule has 0 spiro atoms. The molecular weight excluding hydrogens is 361 g/mol. The van der Waals surface area contributed by atoms with Gasteiger partial charge in [-0.1, -0.05) is 18.2 Å². The molecule has 0 unspecified atom stereocenters. The number of carbonyl (C=O) groups is 1. The molecular formula is C18H21F3N4O2. The Hall–Kier alpha value is -2.55. The second-order valence-electron chi connectivity index (χ2n) is 6.51. The Kier molecular flexibility index (Phi) is 5.41. The molecule has 9 heteroatoms. The number of halogens is 3. The van der Waals surface area contributed by atoms with Gasteiger partial charge >= 0.3 is 6.18 Å². The number of alkyl halides is 3. The lowest BCUT2D eigenvalue weighted by molar-refractivity contribution is -0.153. The highest BCUT2D eigenvalue weighted by atomic mass is 19.4. The first-order valence-corrected chi connectivity index (χ1v) is 8.57. The maximum atomic E-state index is 12.9. The van der Waals surface area contributed by atoms with Crippen molar-refractivity contribution in [2.24, 2.45) is 0 Å². The van der Waals surface area contributed by atoms with E-state index in [-0.39, 0.29) is 31.2 Å². The van der Waals surface area contributed by atoms with Crippen LogP contribution >= 0.6 is 0 Å². The third-order valence-electron chi connectivity index (χ3n) is 4.56. The molecule has 1 fully saturated rings. The molecule has 1 saturated heterocycles. The summed E-state index contributed by atoms with van der Waals surface area (Å²) in [5.41, 5.74) is 0.927. The predicted octanol–water partition coefficient (Wildman–Crippen LogP) is 2.59. The molecule has 3 rings (SSSR count). The predicted molar refractivity (Wildman–Crippen MR) is 93.1 cm³/mol. The van der Waals surface area contributed by atoms with Crippen LogP contribution < -0.4 is 4.74 Å². The minimum atomic E-state index is -4.25. The molecule has 0 bridgehead atoms. The molecule has 0 N–H and O–H groups in total. The molecule has 1 atom stereocenters. The van der Waals surface area contributed by atoms with Crippen molar-refractivity contribution in [2.45, 2.75) is 19.1 Å². The Morgan fingerprint density at radius 1 is 1.26 bits per heavy atom. The van der Waals surface area contributed by atoms with E-state index in [0.29, 0.717) is 5.75 Å². The van der Waals surface area contributed by atoms with Crippen molar-refractivity contribution in [3.8, 4) is 11.4 Å². The van der Waals surface area contributed by atoms with Crippen LogP contribution in [0.2, 0.25) is 0 Å². The van der Waals surface area contributed by atoms with E-state index in [0.717, 1.165) is 5.69 Å². The Morgan fingerprint density at radius 2 is 1.96 bits per heavy atom. The van der Waals surface area contributed by atoms with Gasteiger partial charge in [0, 0.05) is 25.7 Å². The standard InChI is InChI=1S/C18H21F3N4O2/c1-13-10-23(8-9-24(13)12-18(19,20)21)17(26)16-15(27-2)11-25(22-16)14-6-4-3-5-7-14/h3-7,11,13H,8-10,12H2,1-2H3/t13-/m1/s1. The second kappa shape index (κ2) is 7.59. The number of rotatable bonds is 4. The normalized spacial score (nSPS) is 18.6. The number of ether oxygens (including phenoxy) is 1. The summed E-state index contributed by atoms with van der Waals surface area (Å²) in [6, 6.07) is 8.88. The molecule has 0 saturated carbocycles. The Balaban J connectivity index is 1.76. The number of amides is 1. The number of carbonyl (C=O) groups excluding carboxylic acids is 1. The van der Waals surface area contributed by atoms with Crippen molar-refractivity contribution >= 4 is 5.91 Å². The number of hydrogen-bond donors (Lipinski definition) is 0. The van der Waals surface area contributed by atoms with Crippen LogP contribution in [0.4, 0.5) is 13.2 Å². The van der Waals surface area contributed by atoms with E-state index in [1.807, 2.05) is 30.3 Å². The first-order valence-electron chi connectivity index (χ1n) is 8.57. The van der Waals surface area contributed by atoms with Gasteiger partial charge in [0.15, 0.2) is 11.4 Å². The molecule has 1 amide bonds. The van der Waals surface area contributed by atoms with Gasteiger partial charge in [-0.3, -0.25) is 9.69 Å². The molecule has 6 nitrogen and oxygen atoms in total. The zero-order chi connectivity index (χ0) is 19.6. The number of aromatic nitrogens is 2. The van der Waals surface area contributed by atoms with Gasteiger partial charge in [0.1, 0.15) is 0 Å². The smallest absolute Gasteiger partial charge is 0.401 e. The molecule has 1 aliphatic rings. The maximum absolute atomic E-state index is 12.9. The van der Waals surface area contributed by atoms with Crippen molar-refractivity contribution in [1.29, 1.82) is 0 Å². The van der Waals surface area contributed by atoms with Crippen LogP contribution in [-0.4, -0.2) is 71.0 Å². The average Bonchev–Trinajstić information content (AvgIpc) is 3.07. The van der Waals surface area contributed by atoms with E-state index < -0.39 is 18.8 Å². The van der Waals surface area contributed by atoms with Gasteiger partial charge < -0.3 is 9.64 Å². The molecule has 2 aromatic rings. The summed E-state index contributed by atoms with van der Waals surface area (Å²) in [7, 11) is 1.45. The molecule has 1 aromatic heterocycles. The number of hydrogen-bond acceptors (Lipinski definition) is 4. The number of piperazine rings is 1. The quantitative estimate of drug-likeness (QED) is 0.816. The van der Waals surface area contributed by atoms with E-state index >= 15 is 0 Å². The van der Waals surface area contributed by atoms with Gasteiger partial charge in [-0.05, 0) is 19.1 Å². The monoisotopic (exact) mass is 382 g/mol. The van der Waals surface area contributed by atoms with Crippen molar-refractivity contribution in [2.75, 3.05) is 33.3 Å². The van der Waals surface area contributed by atoms with Gasteiger partial charge in [0.05, 0.1) is 25.5 Å². The third-order valence-corrected chi connectivity index (χ3v) is 4.56. The highest BCUT2D eigenvalue weighted by Gasteiger charge is 2.37. The first-order chi connectivity index (χ1) is 12.8. The fraction of sp³-hybridized carbons (Fsp3) is 0.444. The fourth-order valence-corrected chi connectivity index (χ4v) is 3.16. The second-order valence-corrected chi connectivity index (χ2v) is 6.51. The van der Waals surface area contributed by atoms with Gasteiger partial charge in [0.25, 0.3) is 5.91 Å². The van der Waals surface area contributed by atoms with Crippen LogP contribution in [0.25, 0.3) is 5.69 Å². The van der Waals surface area contributed by atoms with Crippen LogP contribution in [0.3, 0.4) is 0 Å². The first kappa shape index (κ1) is 19.2. The lowest BCUT2D eigenvalue weighted by Crippen LogP contribution is -2.55. The van der Waals surface area contributed by atoms with Crippen molar-refractivity contribution in [3.05, 3.63) is 42.2 Å². The minimum Gasteiger partial charge on any atom is -0.493 e. The summed E-state index contributed by atoms with van der Waals surface area (Å²) >= 11 is 0. The number of nitrogens with zero attached hydrogens (tertiary/aromatic N) is 4. The van der Waals surface area contributed by atoms with Crippen molar-refractivity contribution in [1.82, 2.24) is 19.6 Å². The number of methoxy groups -OCH3 is 1. The van der Waals surface area contributed by atoms with E-state index in [2.05, 4.69) is 5.10 Å². The largest absolute Gasteiger partial charge is 0.493 e. The Morgan fingerprint density at radius 3 is 2.56 bits per heavy atom. The molecule has 2 heterocycles. The third kappa shape index (κ3) is 4.41. The summed E-state index contributed by atoms with van der Waals surface area (Å²) < 4.78 is 44.8. The minimum absolute atomic E-state index is 0.151. The van der Waals surface area contributed by atoms with E-state index in [4.69, 9.17) is 4.74 Å². The van der Waals surface area contributed by atoms with E-state index in [1.165, 1.54) is 16.9 Å². The number of benzene rings is 1. The molecule has 1 aromatic carbocycles. The van der Waals surface area contributed by atoms with Crippen LogP contribution in [-0.2, 0) is 0 Å². The lowest BCUT2D eigenvalue weighted by Gasteiger charge is -2.39. The summed E-state index contributed by atoms with van der Waals surface area (Å²) in [5, 5.41) is 4.34. The molecule has 0 aliphatic carbocycles. The zero-order valence-electron chi connectivity index (χ0n) is 15.1. The summed E-state index contributed by atoms with van der Waals surface area (Å²) in [6.07, 6.45) is -2.63. The lowest BCUT2D eigenvalue weighted by atomic mass is 10.1. The van der Waals surface area contributed by atoms with E-state index in [1.54, 1.807) is 17.8 Å². The highest BCUT2D eigenvalue weighted by molar-refractivity contribution is 5.95. The summed E-state index contributed by atoms with van der Waals surface area (Å²) in [4.78, 5) is 15.8. The average molecular weight is 382 g/mol. The van der Waals surface area contributed by atoms with E-state index in [9.17, 15) is 18.0 Å².